The zero-order valence-corrected chi connectivity index (χ0v) is 11.1. The van der Waals surface area contributed by atoms with Crippen LogP contribution in [-0.4, -0.2) is 6.79 Å². The van der Waals surface area contributed by atoms with Gasteiger partial charge >= 0.3 is 0 Å². The van der Waals surface area contributed by atoms with Crippen molar-refractivity contribution in [2.45, 2.75) is 20.5 Å². The van der Waals surface area contributed by atoms with Crippen molar-refractivity contribution in [2.24, 2.45) is 0 Å². The van der Waals surface area contributed by atoms with E-state index in [1.165, 1.54) is 16.7 Å². The van der Waals surface area contributed by atoms with Crippen molar-refractivity contribution in [3.8, 4) is 17.2 Å². The molecule has 0 aromatic heterocycles. The van der Waals surface area contributed by atoms with Crippen LogP contribution in [0.15, 0.2) is 36.4 Å². The van der Waals surface area contributed by atoms with E-state index in [1.54, 1.807) is 0 Å². The van der Waals surface area contributed by atoms with Gasteiger partial charge < -0.3 is 14.2 Å². The minimum absolute atomic E-state index is 0.287. The molecule has 0 radical (unpaired) electrons. The van der Waals surface area contributed by atoms with Gasteiger partial charge in [-0.1, -0.05) is 23.8 Å². The summed E-state index contributed by atoms with van der Waals surface area (Å²) in [6.45, 7) is 5.03. The van der Waals surface area contributed by atoms with Crippen LogP contribution in [0.25, 0.3) is 0 Å². The lowest BCUT2D eigenvalue weighted by Gasteiger charge is -2.10. The second-order valence-corrected chi connectivity index (χ2v) is 4.73. The largest absolute Gasteiger partial charge is 0.489 e. The third-order valence-electron chi connectivity index (χ3n) is 3.24. The van der Waals surface area contributed by atoms with Crippen LogP contribution in [0.4, 0.5) is 0 Å². The third-order valence-corrected chi connectivity index (χ3v) is 3.24. The molecule has 0 aliphatic carbocycles. The quantitative estimate of drug-likeness (QED) is 0.839. The average Bonchev–Trinajstić information content (AvgIpc) is 2.87. The molecule has 19 heavy (non-hydrogen) atoms. The third kappa shape index (κ3) is 2.50. The van der Waals surface area contributed by atoms with Crippen LogP contribution < -0.4 is 14.2 Å². The average molecular weight is 256 g/mol. The van der Waals surface area contributed by atoms with Crippen LogP contribution in [0.1, 0.15) is 16.7 Å². The summed E-state index contributed by atoms with van der Waals surface area (Å²) < 4.78 is 16.4. The Hall–Kier alpha value is -2.16. The zero-order chi connectivity index (χ0) is 13.2. The van der Waals surface area contributed by atoms with Gasteiger partial charge in [0.2, 0.25) is 6.79 Å². The number of fused-ring (bicyclic) bond motifs is 1. The Bertz CT molecular complexity index is 605. The number of hydrogen-bond donors (Lipinski definition) is 0. The van der Waals surface area contributed by atoms with Gasteiger partial charge in [0, 0.05) is 6.07 Å². The monoisotopic (exact) mass is 256 g/mol. The topological polar surface area (TPSA) is 27.7 Å². The molecule has 0 N–H and O–H groups in total. The molecule has 98 valence electrons. The van der Waals surface area contributed by atoms with Crippen LogP contribution in [0.5, 0.6) is 17.2 Å². The van der Waals surface area contributed by atoms with Gasteiger partial charge in [0.1, 0.15) is 12.4 Å². The SMILES string of the molecule is Cc1ccc(C)c(COc2ccc3c(c2)OCO3)c1. The van der Waals surface area contributed by atoms with Gasteiger partial charge in [-0.2, -0.15) is 0 Å². The van der Waals surface area contributed by atoms with E-state index in [-0.39, 0.29) is 6.79 Å². The molecule has 1 aliphatic heterocycles. The summed E-state index contributed by atoms with van der Waals surface area (Å²) in [6, 6.07) is 12.0. The Morgan fingerprint density at radius 2 is 1.84 bits per heavy atom. The van der Waals surface area contributed by atoms with E-state index in [0.717, 1.165) is 17.2 Å². The molecular weight excluding hydrogens is 240 g/mol. The maximum absolute atomic E-state index is 5.82. The summed E-state index contributed by atoms with van der Waals surface area (Å²) in [7, 11) is 0. The first-order valence-corrected chi connectivity index (χ1v) is 6.31. The normalized spacial score (nSPS) is 12.5. The lowest BCUT2D eigenvalue weighted by molar-refractivity contribution is 0.173. The highest BCUT2D eigenvalue weighted by atomic mass is 16.7. The number of hydrogen-bond acceptors (Lipinski definition) is 3. The number of aryl methyl sites for hydroxylation is 2. The van der Waals surface area contributed by atoms with Crippen molar-refractivity contribution < 1.29 is 14.2 Å². The molecule has 0 saturated heterocycles. The Kier molecular flexibility index (Phi) is 3.03. The summed E-state index contributed by atoms with van der Waals surface area (Å²) in [5, 5.41) is 0. The van der Waals surface area contributed by atoms with E-state index in [4.69, 9.17) is 14.2 Å². The Balaban J connectivity index is 1.74. The minimum atomic E-state index is 0.287. The van der Waals surface area contributed by atoms with Crippen LogP contribution in [0.2, 0.25) is 0 Å². The van der Waals surface area contributed by atoms with Gasteiger partial charge in [0.05, 0.1) is 0 Å². The summed E-state index contributed by atoms with van der Waals surface area (Å²) in [5.74, 6) is 2.32. The second kappa shape index (κ2) is 4.84. The van der Waals surface area contributed by atoms with E-state index >= 15 is 0 Å². The maximum atomic E-state index is 5.82. The molecule has 3 rings (SSSR count). The van der Waals surface area contributed by atoms with E-state index in [2.05, 4.69) is 32.0 Å². The van der Waals surface area contributed by atoms with E-state index in [1.807, 2.05) is 18.2 Å². The molecule has 1 heterocycles. The number of rotatable bonds is 3. The fourth-order valence-corrected chi connectivity index (χ4v) is 2.08. The van der Waals surface area contributed by atoms with Crippen molar-refractivity contribution in [2.75, 3.05) is 6.79 Å². The first-order chi connectivity index (χ1) is 9.22. The van der Waals surface area contributed by atoms with Crippen molar-refractivity contribution >= 4 is 0 Å². The highest BCUT2D eigenvalue weighted by molar-refractivity contribution is 5.47. The van der Waals surface area contributed by atoms with Crippen LogP contribution >= 0.6 is 0 Å². The van der Waals surface area contributed by atoms with E-state index in [9.17, 15) is 0 Å². The molecule has 0 atom stereocenters. The van der Waals surface area contributed by atoms with E-state index < -0.39 is 0 Å². The molecule has 1 aliphatic rings. The van der Waals surface area contributed by atoms with Gasteiger partial charge in [-0.3, -0.25) is 0 Å². The highest BCUT2D eigenvalue weighted by Gasteiger charge is 2.13. The van der Waals surface area contributed by atoms with Gasteiger partial charge in [0.25, 0.3) is 0 Å². The minimum Gasteiger partial charge on any atom is -0.489 e. The van der Waals surface area contributed by atoms with Crippen molar-refractivity contribution in [3.63, 3.8) is 0 Å². The lowest BCUT2D eigenvalue weighted by Crippen LogP contribution is -1.98. The fourth-order valence-electron chi connectivity index (χ4n) is 2.08. The maximum Gasteiger partial charge on any atom is 0.231 e. The van der Waals surface area contributed by atoms with Crippen molar-refractivity contribution in [1.29, 1.82) is 0 Å². The van der Waals surface area contributed by atoms with Gasteiger partial charge in [-0.25, -0.2) is 0 Å². The summed E-state index contributed by atoms with van der Waals surface area (Å²) >= 11 is 0. The Morgan fingerprint density at radius 3 is 2.74 bits per heavy atom. The fraction of sp³-hybridized carbons (Fsp3) is 0.250. The van der Waals surface area contributed by atoms with Crippen molar-refractivity contribution in [1.82, 2.24) is 0 Å². The molecule has 0 unspecified atom stereocenters. The molecule has 3 heteroatoms. The lowest BCUT2D eigenvalue weighted by atomic mass is 10.1. The predicted octanol–water partition coefficient (Wildman–Crippen LogP) is 3.61. The molecule has 2 aromatic carbocycles. The molecule has 2 aromatic rings. The molecule has 0 saturated carbocycles. The summed E-state index contributed by atoms with van der Waals surface area (Å²) in [6.07, 6.45) is 0. The van der Waals surface area contributed by atoms with E-state index in [0.29, 0.717) is 6.61 Å². The number of ether oxygens (including phenoxy) is 3. The molecule has 0 fully saturated rings. The summed E-state index contributed by atoms with van der Waals surface area (Å²) in [4.78, 5) is 0. The van der Waals surface area contributed by atoms with Gasteiger partial charge in [0.15, 0.2) is 11.5 Å². The molecule has 3 nitrogen and oxygen atoms in total. The standard InChI is InChI=1S/C16H16O3/c1-11-3-4-12(2)13(7-11)9-17-14-5-6-15-16(8-14)19-10-18-15/h3-8H,9-10H2,1-2H3. The predicted molar refractivity (Wildman–Crippen MR) is 72.8 cm³/mol. The first-order valence-electron chi connectivity index (χ1n) is 6.31. The number of benzene rings is 2. The van der Waals surface area contributed by atoms with Gasteiger partial charge in [-0.05, 0) is 37.1 Å². The molecule has 0 bridgehead atoms. The Morgan fingerprint density at radius 1 is 1.00 bits per heavy atom. The molecule has 0 amide bonds. The Labute approximate surface area is 112 Å². The smallest absolute Gasteiger partial charge is 0.231 e. The van der Waals surface area contributed by atoms with Crippen LogP contribution in [0, 0.1) is 13.8 Å². The van der Waals surface area contributed by atoms with Crippen molar-refractivity contribution in [3.05, 3.63) is 53.1 Å². The highest BCUT2D eigenvalue weighted by Crippen LogP contribution is 2.35. The molecule has 0 spiro atoms. The second-order valence-electron chi connectivity index (χ2n) is 4.73. The summed E-state index contributed by atoms with van der Waals surface area (Å²) in [5.41, 5.74) is 3.69. The van der Waals surface area contributed by atoms with Crippen LogP contribution in [-0.2, 0) is 6.61 Å². The van der Waals surface area contributed by atoms with Crippen LogP contribution in [0.3, 0.4) is 0 Å². The zero-order valence-electron chi connectivity index (χ0n) is 11.1. The van der Waals surface area contributed by atoms with Gasteiger partial charge in [-0.15, -0.1) is 0 Å². The molecular formula is C16H16O3. The first kappa shape index (κ1) is 11.9.